The number of carbonyl (C=O) groups is 2. The lowest BCUT2D eigenvalue weighted by atomic mass is 10.1. The second kappa shape index (κ2) is 10.3. The minimum atomic E-state index is -0.269. The standard InChI is InChI=1S/C24H31N3O3/c1-4-26(5-2)23(28)18-11-9-12-19(17-18)25-22-20-13-7-8-14-21(20)24(29)27(22)15-10-16-30-6-3/h7-9,11-14,17,22,25H,4-6,10,15-16H2,1-3H3. The Kier molecular flexibility index (Phi) is 7.46. The van der Waals surface area contributed by atoms with Gasteiger partial charge >= 0.3 is 0 Å². The van der Waals surface area contributed by atoms with Crippen LogP contribution in [0.4, 0.5) is 5.69 Å². The van der Waals surface area contributed by atoms with Gasteiger partial charge in [-0.1, -0.05) is 24.3 Å². The molecule has 1 unspecified atom stereocenters. The van der Waals surface area contributed by atoms with Crippen molar-refractivity contribution >= 4 is 17.5 Å². The summed E-state index contributed by atoms with van der Waals surface area (Å²) in [4.78, 5) is 29.4. The van der Waals surface area contributed by atoms with Gasteiger partial charge in [0.05, 0.1) is 0 Å². The van der Waals surface area contributed by atoms with E-state index in [0.717, 1.165) is 23.2 Å². The highest BCUT2D eigenvalue weighted by Gasteiger charge is 2.36. The van der Waals surface area contributed by atoms with Crippen LogP contribution in [0.2, 0.25) is 0 Å². The highest BCUT2D eigenvalue weighted by atomic mass is 16.5. The predicted molar refractivity (Wildman–Crippen MR) is 119 cm³/mol. The van der Waals surface area contributed by atoms with Crippen LogP contribution in [-0.4, -0.2) is 54.5 Å². The zero-order valence-electron chi connectivity index (χ0n) is 18.1. The monoisotopic (exact) mass is 409 g/mol. The number of carbonyl (C=O) groups excluding carboxylic acids is 2. The fourth-order valence-electron chi connectivity index (χ4n) is 3.83. The quantitative estimate of drug-likeness (QED) is 0.599. The number of anilines is 1. The largest absolute Gasteiger partial charge is 0.382 e. The molecule has 160 valence electrons. The van der Waals surface area contributed by atoms with E-state index >= 15 is 0 Å². The number of hydrogen-bond donors (Lipinski definition) is 1. The van der Waals surface area contributed by atoms with E-state index in [1.54, 1.807) is 4.90 Å². The van der Waals surface area contributed by atoms with Crippen LogP contribution in [0.25, 0.3) is 0 Å². The van der Waals surface area contributed by atoms with Crippen LogP contribution in [-0.2, 0) is 4.74 Å². The highest BCUT2D eigenvalue weighted by molar-refractivity contribution is 5.99. The van der Waals surface area contributed by atoms with E-state index in [-0.39, 0.29) is 18.0 Å². The Labute approximate surface area is 178 Å². The summed E-state index contributed by atoms with van der Waals surface area (Å²) in [5, 5.41) is 3.48. The fourth-order valence-corrected chi connectivity index (χ4v) is 3.83. The summed E-state index contributed by atoms with van der Waals surface area (Å²) in [7, 11) is 0. The van der Waals surface area contributed by atoms with Gasteiger partial charge in [-0.2, -0.15) is 0 Å². The molecule has 1 N–H and O–H groups in total. The van der Waals surface area contributed by atoms with Crippen LogP contribution in [0.5, 0.6) is 0 Å². The lowest BCUT2D eigenvalue weighted by molar-refractivity contribution is 0.0707. The van der Waals surface area contributed by atoms with Crippen molar-refractivity contribution in [1.29, 1.82) is 0 Å². The summed E-state index contributed by atoms with van der Waals surface area (Å²) in [5.74, 6) is 0.0371. The molecule has 0 fully saturated rings. The molecule has 1 atom stereocenters. The average molecular weight is 410 g/mol. The third-order valence-corrected chi connectivity index (χ3v) is 5.41. The minimum absolute atomic E-state index is 0.0140. The molecule has 0 saturated carbocycles. The number of nitrogens with one attached hydrogen (secondary N) is 1. The van der Waals surface area contributed by atoms with E-state index in [2.05, 4.69) is 5.32 Å². The van der Waals surface area contributed by atoms with Gasteiger partial charge in [-0.3, -0.25) is 9.59 Å². The van der Waals surface area contributed by atoms with Crippen molar-refractivity contribution in [1.82, 2.24) is 9.80 Å². The summed E-state index contributed by atoms with van der Waals surface area (Å²) in [6.45, 7) is 9.16. The Bertz CT molecular complexity index is 880. The Morgan fingerprint density at radius 1 is 1.10 bits per heavy atom. The van der Waals surface area contributed by atoms with E-state index in [9.17, 15) is 9.59 Å². The van der Waals surface area contributed by atoms with Crippen molar-refractivity contribution in [3.05, 3.63) is 65.2 Å². The lowest BCUT2D eigenvalue weighted by Crippen LogP contribution is -2.34. The van der Waals surface area contributed by atoms with Gasteiger partial charge in [-0.05, 0) is 51.5 Å². The van der Waals surface area contributed by atoms with Gasteiger partial charge in [0.15, 0.2) is 0 Å². The SMILES string of the molecule is CCOCCCN1C(=O)c2ccccc2C1Nc1cccc(C(=O)N(CC)CC)c1. The lowest BCUT2D eigenvalue weighted by Gasteiger charge is -2.27. The molecule has 0 aromatic heterocycles. The second-order valence-electron chi connectivity index (χ2n) is 7.24. The highest BCUT2D eigenvalue weighted by Crippen LogP contribution is 2.34. The maximum absolute atomic E-state index is 13.0. The first-order chi connectivity index (χ1) is 14.6. The molecule has 1 aliphatic heterocycles. The molecule has 1 aliphatic rings. The van der Waals surface area contributed by atoms with E-state index in [1.807, 2.05) is 74.2 Å². The third-order valence-electron chi connectivity index (χ3n) is 5.41. The van der Waals surface area contributed by atoms with Crippen LogP contribution in [0.3, 0.4) is 0 Å². The van der Waals surface area contributed by atoms with Crippen molar-refractivity contribution in [3.63, 3.8) is 0 Å². The molecule has 0 spiro atoms. The Hall–Kier alpha value is -2.86. The third kappa shape index (κ3) is 4.65. The van der Waals surface area contributed by atoms with E-state index in [1.165, 1.54) is 0 Å². The molecular formula is C24H31N3O3. The number of hydrogen-bond acceptors (Lipinski definition) is 4. The molecule has 6 nitrogen and oxygen atoms in total. The first-order valence-corrected chi connectivity index (χ1v) is 10.7. The number of ether oxygens (including phenoxy) is 1. The zero-order valence-corrected chi connectivity index (χ0v) is 18.1. The molecule has 2 aromatic rings. The van der Waals surface area contributed by atoms with Crippen molar-refractivity contribution in [2.45, 2.75) is 33.4 Å². The Balaban J connectivity index is 1.83. The van der Waals surface area contributed by atoms with Gasteiger partial charge in [-0.25, -0.2) is 0 Å². The predicted octanol–water partition coefficient (Wildman–Crippen LogP) is 4.16. The molecule has 1 heterocycles. The molecule has 0 radical (unpaired) electrons. The van der Waals surface area contributed by atoms with Crippen LogP contribution in [0, 0.1) is 0 Å². The topological polar surface area (TPSA) is 61.9 Å². The van der Waals surface area contributed by atoms with Crippen molar-refractivity contribution in [2.24, 2.45) is 0 Å². The Morgan fingerprint density at radius 3 is 2.60 bits per heavy atom. The number of benzene rings is 2. The van der Waals surface area contributed by atoms with Crippen molar-refractivity contribution < 1.29 is 14.3 Å². The number of amides is 2. The van der Waals surface area contributed by atoms with Gasteiger partial charge in [0.2, 0.25) is 0 Å². The van der Waals surface area contributed by atoms with E-state index in [4.69, 9.17) is 4.74 Å². The second-order valence-corrected chi connectivity index (χ2v) is 7.24. The van der Waals surface area contributed by atoms with Crippen LogP contribution >= 0.6 is 0 Å². The number of nitrogens with zero attached hydrogens (tertiary/aromatic N) is 2. The maximum atomic E-state index is 13.0. The first kappa shape index (κ1) is 21.8. The number of fused-ring (bicyclic) bond motifs is 1. The van der Waals surface area contributed by atoms with Gasteiger partial charge in [0.25, 0.3) is 11.8 Å². The molecule has 0 bridgehead atoms. The van der Waals surface area contributed by atoms with Crippen molar-refractivity contribution in [3.8, 4) is 0 Å². The molecule has 2 amide bonds. The molecule has 2 aromatic carbocycles. The van der Waals surface area contributed by atoms with Crippen LogP contribution in [0.15, 0.2) is 48.5 Å². The van der Waals surface area contributed by atoms with E-state index < -0.39 is 0 Å². The molecule has 30 heavy (non-hydrogen) atoms. The normalized spacial score (nSPS) is 15.2. The molecule has 0 aliphatic carbocycles. The number of rotatable bonds is 10. The first-order valence-electron chi connectivity index (χ1n) is 10.7. The summed E-state index contributed by atoms with van der Waals surface area (Å²) in [6.07, 6.45) is 0.501. The molecule has 6 heteroatoms. The van der Waals surface area contributed by atoms with E-state index in [0.29, 0.717) is 38.4 Å². The summed E-state index contributed by atoms with van der Waals surface area (Å²) in [5.41, 5.74) is 3.14. The summed E-state index contributed by atoms with van der Waals surface area (Å²) < 4.78 is 5.44. The van der Waals surface area contributed by atoms with Crippen LogP contribution < -0.4 is 5.32 Å². The minimum Gasteiger partial charge on any atom is -0.382 e. The zero-order chi connectivity index (χ0) is 21.5. The molecular weight excluding hydrogens is 378 g/mol. The van der Waals surface area contributed by atoms with Gasteiger partial charge in [0.1, 0.15) is 6.17 Å². The molecule has 3 rings (SSSR count). The van der Waals surface area contributed by atoms with Gasteiger partial charge in [0, 0.05) is 55.2 Å². The van der Waals surface area contributed by atoms with Crippen molar-refractivity contribution in [2.75, 3.05) is 38.2 Å². The average Bonchev–Trinajstić information content (AvgIpc) is 3.03. The van der Waals surface area contributed by atoms with Gasteiger partial charge in [-0.15, -0.1) is 0 Å². The Morgan fingerprint density at radius 2 is 1.87 bits per heavy atom. The van der Waals surface area contributed by atoms with Crippen LogP contribution in [0.1, 0.15) is 59.6 Å². The fraction of sp³-hybridized carbons (Fsp3) is 0.417. The summed E-state index contributed by atoms with van der Waals surface area (Å²) >= 11 is 0. The summed E-state index contributed by atoms with van der Waals surface area (Å²) in [6, 6.07) is 15.2. The molecule has 0 saturated heterocycles. The smallest absolute Gasteiger partial charge is 0.256 e. The van der Waals surface area contributed by atoms with Gasteiger partial charge < -0.3 is 19.9 Å². The maximum Gasteiger partial charge on any atom is 0.256 e.